The first-order valence-corrected chi connectivity index (χ1v) is 12.5. The van der Waals surface area contributed by atoms with Gasteiger partial charge in [-0.05, 0) is 47.5 Å². The maximum absolute atomic E-state index is 12.8. The van der Waals surface area contributed by atoms with E-state index in [4.69, 9.17) is 23.2 Å². The summed E-state index contributed by atoms with van der Waals surface area (Å²) in [6.45, 7) is 2.03. The average molecular weight is 527 g/mol. The highest BCUT2D eigenvalue weighted by Crippen LogP contribution is 2.25. The van der Waals surface area contributed by atoms with Crippen molar-refractivity contribution in [1.82, 2.24) is 5.32 Å². The molecule has 0 unspecified atom stereocenters. The van der Waals surface area contributed by atoms with E-state index in [2.05, 4.69) is 16.0 Å². The largest absolute Gasteiger partial charge is 1.00 e. The maximum Gasteiger partial charge on any atom is 0.319 e. The van der Waals surface area contributed by atoms with Crippen LogP contribution in [0.3, 0.4) is 0 Å². The molecule has 1 aliphatic heterocycles. The Kier molecular flexibility index (Phi) is 8.26. The van der Waals surface area contributed by atoms with Gasteiger partial charge in [-0.15, -0.1) is 0 Å². The highest BCUT2D eigenvalue weighted by Gasteiger charge is 2.19. The Balaban J connectivity index is 0.00000306. The van der Waals surface area contributed by atoms with E-state index in [1.54, 1.807) is 30.3 Å². The highest BCUT2D eigenvalue weighted by atomic mass is 35.5. The molecular formula is C23H22Cl3N3O3S. The first-order valence-electron chi connectivity index (χ1n) is 10.0. The van der Waals surface area contributed by atoms with E-state index in [-0.39, 0.29) is 29.6 Å². The van der Waals surface area contributed by atoms with E-state index in [9.17, 15) is 13.2 Å². The minimum Gasteiger partial charge on any atom is -1.00 e. The van der Waals surface area contributed by atoms with Crippen LogP contribution in [-0.4, -0.2) is 14.4 Å². The fourth-order valence-electron chi connectivity index (χ4n) is 3.63. The fourth-order valence-corrected chi connectivity index (χ4v) is 5.35. The summed E-state index contributed by atoms with van der Waals surface area (Å²) >= 11 is 12.1. The molecule has 0 saturated carbocycles. The lowest BCUT2D eigenvalue weighted by atomic mass is 10.1. The predicted octanol–water partition coefficient (Wildman–Crippen LogP) is 0.870. The lowest BCUT2D eigenvalue weighted by Gasteiger charge is -2.10. The van der Waals surface area contributed by atoms with E-state index in [1.807, 2.05) is 18.2 Å². The molecule has 33 heavy (non-hydrogen) atoms. The van der Waals surface area contributed by atoms with Crippen molar-refractivity contribution in [1.29, 1.82) is 0 Å². The van der Waals surface area contributed by atoms with Crippen molar-refractivity contribution in [2.45, 2.75) is 30.3 Å². The van der Waals surface area contributed by atoms with Gasteiger partial charge < -0.3 is 28.4 Å². The number of carbonyl (C=O) groups excluding carboxylic acids is 1. The standard InChI is InChI=1S/C23H21Cl2N3O3S.ClH/c24-21-3-1-2-17(22(21)25)13-27-23(29)28-19-6-8-20(9-7-19)32(30,31)14-15-4-5-16-11-26-12-18(16)10-15;/h1-10,26H,11-14H2,(H2,27,28,29);1H. The van der Waals surface area contributed by atoms with E-state index in [0.29, 0.717) is 21.3 Å². The van der Waals surface area contributed by atoms with E-state index in [0.717, 1.165) is 18.7 Å². The zero-order valence-electron chi connectivity index (χ0n) is 17.4. The summed E-state index contributed by atoms with van der Waals surface area (Å²) in [6, 6.07) is 16.7. The van der Waals surface area contributed by atoms with Crippen LogP contribution in [0.15, 0.2) is 65.6 Å². The van der Waals surface area contributed by atoms with Crippen molar-refractivity contribution >= 4 is 44.8 Å². The van der Waals surface area contributed by atoms with Crippen LogP contribution in [0.1, 0.15) is 22.3 Å². The number of nitrogens with one attached hydrogen (secondary N) is 2. The quantitative estimate of drug-likeness (QED) is 0.445. The summed E-state index contributed by atoms with van der Waals surface area (Å²) < 4.78 is 25.6. The molecule has 174 valence electrons. The van der Waals surface area contributed by atoms with Crippen LogP contribution >= 0.6 is 23.2 Å². The zero-order chi connectivity index (χ0) is 22.7. The van der Waals surface area contributed by atoms with Crippen LogP contribution in [0, 0.1) is 0 Å². The van der Waals surface area contributed by atoms with E-state index < -0.39 is 15.9 Å². The summed E-state index contributed by atoms with van der Waals surface area (Å²) in [5.41, 5.74) is 4.41. The Morgan fingerprint density at radius 2 is 1.70 bits per heavy atom. The summed E-state index contributed by atoms with van der Waals surface area (Å²) in [5.74, 6) is -0.0616. The molecule has 0 saturated heterocycles. The van der Waals surface area contributed by atoms with Gasteiger partial charge in [0.1, 0.15) is 13.1 Å². The number of amides is 2. The molecule has 0 radical (unpaired) electrons. The molecule has 3 aromatic carbocycles. The normalized spacial score (nSPS) is 12.5. The Morgan fingerprint density at radius 1 is 0.970 bits per heavy atom. The highest BCUT2D eigenvalue weighted by molar-refractivity contribution is 7.90. The van der Waals surface area contributed by atoms with Crippen LogP contribution in [0.4, 0.5) is 10.5 Å². The van der Waals surface area contributed by atoms with Gasteiger partial charge in [0.05, 0.1) is 20.7 Å². The summed E-state index contributed by atoms with van der Waals surface area (Å²) in [4.78, 5) is 12.4. The lowest BCUT2D eigenvalue weighted by molar-refractivity contribution is -0.676. The molecule has 1 aliphatic rings. The predicted molar refractivity (Wildman–Crippen MR) is 125 cm³/mol. The summed E-state index contributed by atoms with van der Waals surface area (Å²) in [5, 5.41) is 8.38. The average Bonchev–Trinajstić information content (AvgIpc) is 3.23. The second kappa shape index (κ2) is 10.8. The van der Waals surface area contributed by atoms with Gasteiger partial charge in [0.15, 0.2) is 9.84 Å². The minimum absolute atomic E-state index is 0. The van der Waals surface area contributed by atoms with Gasteiger partial charge in [-0.1, -0.05) is 47.5 Å². The Hall–Kier alpha value is -2.29. The third-order valence-electron chi connectivity index (χ3n) is 5.30. The zero-order valence-corrected chi connectivity index (χ0v) is 20.5. The third kappa shape index (κ3) is 6.19. The molecule has 4 N–H and O–H groups in total. The van der Waals surface area contributed by atoms with Gasteiger partial charge in [0, 0.05) is 23.4 Å². The molecule has 3 aromatic rings. The molecule has 0 atom stereocenters. The van der Waals surface area contributed by atoms with Crippen LogP contribution in [0.2, 0.25) is 10.0 Å². The number of carbonyl (C=O) groups is 1. The second-order valence-electron chi connectivity index (χ2n) is 7.60. The molecule has 1 heterocycles. The smallest absolute Gasteiger partial charge is 0.319 e. The SMILES string of the molecule is O=C(NCc1cccc(Cl)c1Cl)Nc1ccc(S(=O)(=O)Cc2ccc3c(c2)C[NH2+]C3)cc1.[Cl-]. The Labute approximate surface area is 209 Å². The number of hydrogen-bond donors (Lipinski definition) is 3. The van der Waals surface area contributed by atoms with E-state index in [1.165, 1.54) is 23.3 Å². The Morgan fingerprint density at radius 3 is 2.45 bits per heavy atom. The molecule has 0 aliphatic carbocycles. The number of sulfone groups is 1. The molecule has 0 aromatic heterocycles. The lowest BCUT2D eigenvalue weighted by Crippen LogP contribution is -3.00. The van der Waals surface area contributed by atoms with Gasteiger partial charge in [0.25, 0.3) is 0 Å². The first kappa shape index (κ1) is 25.3. The van der Waals surface area contributed by atoms with Crippen molar-refractivity contribution in [3.05, 3.63) is 93.0 Å². The topological polar surface area (TPSA) is 91.9 Å². The van der Waals surface area contributed by atoms with Crippen molar-refractivity contribution < 1.29 is 30.9 Å². The number of benzene rings is 3. The molecule has 6 nitrogen and oxygen atoms in total. The number of nitrogens with two attached hydrogens (primary N) is 1. The van der Waals surface area contributed by atoms with Crippen molar-refractivity contribution in [2.24, 2.45) is 0 Å². The third-order valence-corrected chi connectivity index (χ3v) is 7.86. The maximum atomic E-state index is 12.8. The van der Waals surface area contributed by atoms with Crippen molar-refractivity contribution in [3.63, 3.8) is 0 Å². The molecule has 4 rings (SSSR count). The molecular weight excluding hydrogens is 505 g/mol. The van der Waals surface area contributed by atoms with Gasteiger partial charge >= 0.3 is 6.03 Å². The molecule has 0 bridgehead atoms. The number of fused-ring (bicyclic) bond motifs is 1. The van der Waals surface area contributed by atoms with Crippen LogP contribution < -0.4 is 28.4 Å². The van der Waals surface area contributed by atoms with Crippen LogP contribution in [0.25, 0.3) is 0 Å². The minimum atomic E-state index is -3.50. The monoisotopic (exact) mass is 525 g/mol. The number of anilines is 1. The molecule has 0 fully saturated rings. The van der Waals surface area contributed by atoms with Gasteiger partial charge in [-0.25, -0.2) is 13.2 Å². The first-order chi connectivity index (χ1) is 15.3. The number of urea groups is 1. The Bertz CT molecular complexity index is 1270. The fraction of sp³-hybridized carbons (Fsp3) is 0.174. The van der Waals surface area contributed by atoms with Crippen LogP contribution in [-0.2, 0) is 35.2 Å². The van der Waals surface area contributed by atoms with Crippen molar-refractivity contribution in [3.8, 4) is 0 Å². The summed E-state index contributed by atoms with van der Waals surface area (Å²) in [7, 11) is -3.50. The molecule has 2 amide bonds. The van der Waals surface area contributed by atoms with Crippen LogP contribution in [0.5, 0.6) is 0 Å². The number of hydrogen-bond acceptors (Lipinski definition) is 3. The number of quaternary nitrogens is 1. The number of rotatable bonds is 6. The molecule has 0 spiro atoms. The molecule has 10 heteroatoms. The van der Waals surface area contributed by atoms with Crippen molar-refractivity contribution in [2.75, 3.05) is 5.32 Å². The van der Waals surface area contributed by atoms with Gasteiger partial charge in [0.2, 0.25) is 0 Å². The van der Waals surface area contributed by atoms with Gasteiger partial charge in [-0.3, -0.25) is 0 Å². The van der Waals surface area contributed by atoms with Gasteiger partial charge in [-0.2, -0.15) is 0 Å². The second-order valence-corrected chi connectivity index (χ2v) is 10.4. The van der Waals surface area contributed by atoms with E-state index >= 15 is 0 Å². The number of halogens is 3. The summed E-state index contributed by atoms with van der Waals surface area (Å²) in [6.07, 6.45) is 0.